The number of methoxy groups -OCH3 is 1. The Morgan fingerprint density at radius 1 is 1.28 bits per heavy atom. The van der Waals surface area contributed by atoms with Gasteiger partial charge < -0.3 is 14.7 Å². The molecule has 0 saturated carbocycles. The first-order chi connectivity index (χ1) is 8.65. The van der Waals surface area contributed by atoms with Crippen molar-refractivity contribution in [2.45, 2.75) is 31.3 Å². The van der Waals surface area contributed by atoms with E-state index in [1.54, 1.807) is 12.0 Å². The maximum Gasteiger partial charge on any atom is 0.255 e. The van der Waals surface area contributed by atoms with Crippen LogP contribution >= 0.6 is 0 Å². The van der Waals surface area contributed by atoms with Crippen LogP contribution in [0.1, 0.15) is 25.7 Å². The third-order valence-electron chi connectivity index (χ3n) is 3.95. The molecule has 1 atom stereocenters. The number of carbonyl (C=O) groups excluding carboxylic acids is 1. The maximum absolute atomic E-state index is 12.3. The van der Waals surface area contributed by atoms with Crippen LogP contribution in [0.2, 0.25) is 0 Å². The summed E-state index contributed by atoms with van der Waals surface area (Å²) in [7, 11) is 1.63. The van der Waals surface area contributed by atoms with E-state index in [4.69, 9.17) is 4.74 Å². The molecule has 1 N–H and O–H groups in total. The summed E-state index contributed by atoms with van der Waals surface area (Å²) >= 11 is 0. The molecule has 0 aromatic rings. The summed E-state index contributed by atoms with van der Waals surface area (Å²) in [5, 5.41) is 10.6. The number of ether oxygens (including phenoxy) is 1. The van der Waals surface area contributed by atoms with Gasteiger partial charge in [0.1, 0.15) is 0 Å². The van der Waals surface area contributed by atoms with E-state index in [0.29, 0.717) is 26.1 Å². The summed E-state index contributed by atoms with van der Waals surface area (Å²) in [6, 6.07) is 0. The highest BCUT2D eigenvalue weighted by atomic mass is 16.5. The Morgan fingerprint density at radius 2 is 2.00 bits per heavy atom. The average Bonchev–Trinajstić information content (AvgIpc) is 2.84. The molecule has 104 valence electrons. The van der Waals surface area contributed by atoms with Crippen LogP contribution in [-0.4, -0.2) is 72.9 Å². The highest BCUT2D eigenvalue weighted by Gasteiger charge is 2.43. The molecule has 0 aliphatic carbocycles. The van der Waals surface area contributed by atoms with E-state index in [9.17, 15) is 9.90 Å². The topological polar surface area (TPSA) is 53.0 Å². The molecule has 0 spiro atoms. The van der Waals surface area contributed by atoms with Crippen molar-refractivity contribution in [2.24, 2.45) is 0 Å². The highest BCUT2D eigenvalue weighted by Crippen LogP contribution is 2.25. The molecule has 2 rings (SSSR count). The number of amides is 1. The molecule has 2 fully saturated rings. The Morgan fingerprint density at radius 3 is 2.67 bits per heavy atom. The zero-order valence-corrected chi connectivity index (χ0v) is 11.2. The lowest BCUT2D eigenvalue weighted by atomic mass is 9.91. The van der Waals surface area contributed by atoms with E-state index in [0.717, 1.165) is 26.1 Å². The highest BCUT2D eigenvalue weighted by molar-refractivity contribution is 5.86. The van der Waals surface area contributed by atoms with Gasteiger partial charge in [-0.1, -0.05) is 0 Å². The van der Waals surface area contributed by atoms with Gasteiger partial charge in [0.05, 0.1) is 6.61 Å². The lowest BCUT2D eigenvalue weighted by molar-refractivity contribution is -0.159. The third kappa shape index (κ3) is 3.02. The van der Waals surface area contributed by atoms with Crippen LogP contribution in [0.3, 0.4) is 0 Å². The summed E-state index contributed by atoms with van der Waals surface area (Å²) in [5.74, 6) is -0.113. The van der Waals surface area contributed by atoms with Crippen LogP contribution < -0.4 is 0 Å². The van der Waals surface area contributed by atoms with Crippen molar-refractivity contribution in [2.75, 3.05) is 46.4 Å². The van der Waals surface area contributed by atoms with E-state index in [-0.39, 0.29) is 5.91 Å². The number of aliphatic hydroxyl groups is 1. The van der Waals surface area contributed by atoms with Gasteiger partial charge in [-0.05, 0) is 38.8 Å². The first-order valence-electron chi connectivity index (χ1n) is 6.89. The van der Waals surface area contributed by atoms with Crippen molar-refractivity contribution in [1.82, 2.24) is 9.80 Å². The van der Waals surface area contributed by atoms with E-state index in [2.05, 4.69) is 4.90 Å². The fraction of sp³-hybridized carbons (Fsp3) is 0.923. The van der Waals surface area contributed by atoms with Crippen molar-refractivity contribution in [1.29, 1.82) is 0 Å². The fourth-order valence-electron chi connectivity index (χ4n) is 2.94. The molecule has 0 radical (unpaired) electrons. The van der Waals surface area contributed by atoms with Gasteiger partial charge in [-0.2, -0.15) is 0 Å². The Labute approximate surface area is 109 Å². The molecule has 2 heterocycles. The Hall–Kier alpha value is -0.650. The Kier molecular flexibility index (Phi) is 4.59. The van der Waals surface area contributed by atoms with Crippen LogP contribution in [0, 0.1) is 0 Å². The van der Waals surface area contributed by atoms with Crippen LogP contribution in [-0.2, 0) is 9.53 Å². The smallest absolute Gasteiger partial charge is 0.255 e. The third-order valence-corrected chi connectivity index (χ3v) is 3.95. The minimum atomic E-state index is -1.17. The number of β-amino-alcohol motifs (C(OH)–C–C–N with tert-alkyl or cyclic N) is 1. The standard InChI is InChI=1S/C13H24N2O3/c1-18-10-9-15-8-4-5-13(17,12(15)16)11-14-6-2-3-7-14/h17H,2-11H2,1H3/t13-/m0/s1. The first kappa shape index (κ1) is 13.8. The quantitative estimate of drug-likeness (QED) is 0.757. The van der Waals surface area contributed by atoms with E-state index in [1.165, 1.54) is 12.8 Å². The molecular formula is C13H24N2O3. The maximum atomic E-state index is 12.3. The second-order valence-corrected chi connectivity index (χ2v) is 5.40. The molecule has 1 amide bonds. The Balaban J connectivity index is 1.94. The van der Waals surface area contributed by atoms with E-state index < -0.39 is 5.60 Å². The molecule has 0 aromatic heterocycles. The number of likely N-dealkylation sites (tertiary alicyclic amines) is 2. The molecule has 5 heteroatoms. The van der Waals surface area contributed by atoms with Crippen molar-refractivity contribution in [3.63, 3.8) is 0 Å². The van der Waals surface area contributed by atoms with Gasteiger partial charge in [0.15, 0.2) is 5.60 Å². The van der Waals surface area contributed by atoms with E-state index >= 15 is 0 Å². The minimum Gasteiger partial charge on any atom is -0.383 e. The molecule has 5 nitrogen and oxygen atoms in total. The molecule has 18 heavy (non-hydrogen) atoms. The lowest BCUT2D eigenvalue weighted by Crippen LogP contribution is -2.58. The predicted octanol–water partition coefficient (Wildman–Crippen LogP) is 0.0821. The summed E-state index contributed by atoms with van der Waals surface area (Å²) < 4.78 is 5.01. The van der Waals surface area contributed by atoms with Gasteiger partial charge in [-0.15, -0.1) is 0 Å². The number of hydrogen-bond acceptors (Lipinski definition) is 4. The monoisotopic (exact) mass is 256 g/mol. The van der Waals surface area contributed by atoms with Gasteiger partial charge in [0.2, 0.25) is 0 Å². The minimum absolute atomic E-state index is 0.113. The molecule has 2 saturated heterocycles. The van der Waals surface area contributed by atoms with Crippen LogP contribution in [0.15, 0.2) is 0 Å². The summed E-state index contributed by atoms with van der Waals surface area (Å²) in [6.07, 6.45) is 3.82. The van der Waals surface area contributed by atoms with Gasteiger partial charge in [-0.3, -0.25) is 9.69 Å². The van der Waals surface area contributed by atoms with Crippen molar-refractivity contribution < 1.29 is 14.6 Å². The zero-order valence-electron chi connectivity index (χ0n) is 11.2. The molecule has 2 aliphatic rings. The molecule has 0 aromatic carbocycles. The van der Waals surface area contributed by atoms with Gasteiger partial charge in [0, 0.05) is 26.7 Å². The Bertz CT molecular complexity index is 292. The number of carbonyl (C=O) groups is 1. The average molecular weight is 256 g/mol. The van der Waals surface area contributed by atoms with Crippen molar-refractivity contribution >= 4 is 5.91 Å². The lowest BCUT2D eigenvalue weighted by Gasteiger charge is -2.40. The second kappa shape index (κ2) is 5.99. The van der Waals surface area contributed by atoms with Gasteiger partial charge in [-0.25, -0.2) is 0 Å². The SMILES string of the molecule is COCCN1CCC[C@](O)(CN2CCCC2)C1=O. The van der Waals surface area contributed by atoms with Crippen LogP contribution in [0.5, 0.6) is 0 Å². The molecule has 0 bridgehead atoms. The largest absolute Gasteiger partial charge is 0.383 e. The first-order valence-corrected chi connectivity index (χ1v) is 6.89. The number of piperidine rings is 1. The van der Waals surface area contributed by atoms with Gasteiger partial charge in [0.25, 0.3) is 5.91 Å². The van der Waals surface area contributed by atoms with Gasteiger partial charge >= 0.3 is 0 Å². The van der Waals surface area contributed by atoms with Crippen molar-refractivity contribution in [3.8, 4) is 0 Å². The summed E-state index contributed by atoms with van der Waals surface area (Å²) in [4.78, 5) is 16.3. The molecule has 0 unspecified atom stereocenters. The van der Waals surface area contributed by atoms with Crippen molar-refractivity contribution in [3.05, 3.63) is 0 Å². The normalized spacial score (nSPS) is 30.1. The van der Waals surface area contributed by atoms with Crippen LogP contribution in [0.25, 0.3) is 0 Å². The number of nitrogens with zero attached hydrogens (tertiary/aromatic N) is 2. The number of hydrogen-bond donors (Lipinski definition) is 1. The molecular weight excluding hydrogens is 232 g/mol. The number of rotatable bonds is 5. The zero-order chi connectivity index (χ0) is 13.0. The molecule has 2 aliphatic heterocycles. The summed E-state index contributed by atoms with van der Waals surface area (Å²) in [5.41, 5.74) is -1.17. The van der Waals surface area contributed by atoms with Crippen LogP contribution in [0.4, 0.5) is 0 Å². The fourth-order valence-corrected chi connectivity index (χ4v) is 2.94. The second-order valence-electron chi connectivity index (χ2n) is 5.40. The van der Waals surface area contributed by atoms with E-state index in [1.807, 2.05) is 0 Å². The predicted molar refractivity (Wildman–Crippen MR) is 68.3 cm³/mol. The summed E-state index contributed by atoms with van der Waals surface area (Å²) in [6.45, 7) is 4.37.